The minimum Gasteiger partial charge on any atom is -0.320 e. The average molecular weight is 570 g/mol. The highest BCUT2D eigenvalue weighted by Gasteiger charge is 2.64. The van der Waals surface area contributed by atoms with Gasteiger partial charge in [0.05, 0.1) is 17.2 Å². The number of hydrogen-bond acceptors (Lipinski definition) is 4. The summed E-state index contributed by atoms with van der Waals surface area (Å²) in [7, 11) is 0. The lowest BCUT2D eigenvalue weighted by molar-refractivity contribution is -0.139. The van der Waals surface area contributed by atoms with Crippen molar-refractivity contribution in [3.05, 3.63) is 65.0 Å². The van der Waals surface area contributed by atoms with Crippen molar-refractivity contribution in [3.8, 4) is 6.07 Å². The maximum absolute atomic E-state index is 13.9. The molecule has 41 heavy (non-hydrogen) atoms. The van der Waals surface area contributed by atoms with Crippen LogP contribution in [0.3, 0.4) is 0 Å². The zero-order valence-electron chi connectivity index (χ0n) is 23.0. The van der Waals surface area contributed by atoms with Crippen LogP contribution in [0.4, 0.5) is 28.0 Å². The highest BCUT2D eigenvalue weighted by atomic mass is 19.4. The second kappa shape index (κ2) is 10.9. The smallest absolute Gasteiger partial charge is 0.320 e. The number of nitriles is 1. The Labute approximate surface area is 237 Å². The number of alkyl halides is 3. The second-order valence-corrected chi connectivity index (χ2v) is 12.2. The van der Waals surface area contributed by atoms with Crippen molar-refractivity contribution in [2.45, 2.75) is 49.7 Å². The van der Waals surface area contributed by atoms with Gasteiger partial charge in [-0.15, -0.1) is 0 Å². The number of nitrogens with one attached hydrogen (secondary N) is 1. The molecule has 3 saturated carbocycles. The highest BCUT2D eigenvalue weighted by Crippen LogP contribution is 2.65. The van der Waals surface area contributed by atoms with Gasteiger partial charge in [-0.25, -0.2) is 9.18 Å². The molecule has 1 saturated heterocycles. The van der Waals surface area contributed by atoms with Crippen molar-refractivity contribution in [2.75, 3.05) is 51.1 Å². The van der Waals surface area contributed by atoms with E-state index < -0.39 is 23.6 Å². The van der Waals surface area contributed by atoms with Gasteiger partial charge in [0.25, 0.3) is 0 Å². The minimum atomic E-state index is -4.86. The predicted molar refractivity (Wildman–Crippen MR) is 147 cm³/mol. The lowest BCUT2D eigenvalue weighted by Crippen LogP contribution is -2.51. The maximum atomic E-state index is 13.9. The number of amides is 2. The first kappa shape index (κ1) is 28.0. The Morgan fingerprint density at radius 3 is 2.51 bits per heavy atom. The van der Waals surface area contributed by atoms with E-state index >= 15 is 0 Å². The Morgan fingerprint density at radius 2 is 1.83 bits per heavy atom. The number of halogens is 4. The van der Waals surface area contributed by atoms with Gasteiger partial charge in [0.1, 0.15) is 5.82 Å². The molecule has 0 aromatic heterocycles. The van der Waals surface area contributed by atoms with E-state index in [1.54, 1.807) is 11.0 Å². The lowest BCUT2D eigenvalue weighted by Gasteiger charge is -2.37. The molecular formula is C31H35F4N5O. The normalized spacial score (nSPS) is 26.3. The van der Waals surface area contributed by atoms with E-state index in [2.05, 4.69) is 21.2 Å². The monoisotopic (exact) mass is 569 g/mol. The maximum Gasteiger partial charge on any atom is 0.419 e. The molecule has 2 amide bonds. The Kier molecular flexibility index (Phi) is 7.45. The van der Waals surface area contributed by atoms with Crippen LogP contribution in [-0.2, 0) is 11.6 Å². The summed E-state index contributed by atoms with van der Waals surface area (Å²) in [5.74, 6) is -0.303. The number of rotatable bonds is 8. The number of carbonyl (C=O) groups is 1. The molecule has 6 rings (SSSR count). The van der Waals surface area contributed by atoms with Crippen LogP contribution in [0, 0.1) is 29.0 Å². The van der Waals surface area contributed by atoms with Crippen LogP contribution in [0.25, 0.3) is 0 Å². The molecule has 2 aromatic carbocycles. The van der Waals surface area contributed by atoms with Gasteiger partial charge in [0, 0.05) is 63.0 Å². The summed E-state index contributed by atoms with van der Waals surface area (Å²) < 4.78 is 53.8. The molecule has 4 aliphatic rings. The fraction of sp³-hybridized carbons (Fsp3) is 0.548. The fourth-order valence-corrected chi connectivity index (χ4v) is 7.02. The van der Waals surface area contributed by atoms with Gasteiger partial charge in [-0.2, -0.15) is 18.4 Å². The number of carbonyl (C=O) groups excluding carboxylic acids is 1. The molecule has 1 N–H and O–H groups in total. The van der Waals surface area contributed by atoms with Gasteiger partial charge in [0.15, 0.2) is 0 Å². The molecule has 1 heterocycles. The van der Waals surface area contributed by atoms with Crippen molar-refractivity contribution in [3.63, 3.8) is 0 Å². The zero-order chi connectivity index (χ0) is 28.8. The number of anilines is 1. The SMILES string of the molecule is N#Cc1cccc([C@]23CCC(N(CCN4CCN(CC5CC5)CC4)C(=O)Nc4ccc(F)c(C(F)(F)F)c4)C2C3)c1. The van der Waals surface area contributed by atoms with Crippen LogP contribution in [0.1, 0.15) is 48.8 Å². The molecule has 10 heteroatoms. The first-order valence-electron chi connectivity index (χ1n) is 14.6. The molecule has 1 aliphatic heterocycles. The summed E-state index contributed by atoms with van der Waals surface area (Å²) in [6, 6.07) is 11.9. The van der Waals surface area contributed by atoms with Crippen LogP contribution in [0.2, 0.25) is 0 Å². The molecule has 218 valence electrons. The largest absolute Gasteiger partial charge is 0.419 e. The van der Waals surface area contributed by atoms with Crippen LogP contribution in [-0.4, -0.2) is 72.6 Å². The first-order valence-corrected chi connectivity index (χ1v) is 14.6. The van der Waals surface area contributed by atoms with Crippen molar-refractivity contribution in [1.29, 1.82) is 5.26 Å². The molecule has 0 radical (unpaired) electrons. The topological polar surface area (TPSA) is 62.6 Å². The number of hydrogen-bond donors (Lipinski definition) is 1. The standard InChI is InChI=1S/C31H35F4N5O/c32-27-7-6-24(17-25(27)31(33,34)35)37-29(41)40(15-14-38-10-12-39(13-11-38)20-21-4-5-21)28-8-9-30(18-26(28)30)23-3-1-2-22(16-23)19-36/h1-3,6-7,16-17,21,26,28H,4-5,8-15,18,20H2,(H,37,41)/t26?,28?,30-/m1/s1. The first-order chi connectivity index (χ1) is 19.7. The average Bonchev–Trinajstić information content (AvgIpc) is 3.88. The zero-order valence-corrected chi connectivity index (χ0v) is 23.0. The van der Waals surface area contributed by atoms with Crippen molar-refractivity contribution >= 4 is 11.7 Å². The van der Waals surface area contributed by atoms with Gasteiger partial charge < -0.3 is 15.1 Å². The Hall–Kier alpha value is -3.16. The summed E-state index contributed by atoms with van der Waals surface area (Å²) in [6.07, 6.45) is 0.367. The third kappa shape index (κ3) is 5.93. The van der Waals surface area contributed by atoms with Crippen molar-refractivity contribution in [1.82, 2.24) is 14.7 Å². The van der Waals surface area contributed by atoms with Gasteiger partial charge >= 0.3 is 12.2 Å². The number of benzene rings is 2. The van der Waals surface area contributed by atoms with Crippen molar-refractivity contribution in [2.24, 2.45) is 11.8 Å². The predicted octanol–water partition coefficient (Wildman–Crippen LogP) is 5.70. The van der Waals surface area contributed by atoms with E-state index in [1.165, 1.54) is 25.5 Å². The quantitative estimate of drug-likeness (QED) is 0.415. The van der Waals surface area contributed by atoms with E-state index in [1.807, 2.05) is 18.2 Å². The van der Waals surface area contributed by atoms with E-state index in [-0.39, 0.29) is 23.1 Å². The van der Waals surface area contributed by atoms with E-state index in [0.717, 1.165) is 63.0 Å². The molecule has 0 bridgehead atoms. The number of fused-ring (bicyclic) bond motifs is 1. The lowest BCUT2D eigenvalue weighted by atomic mass is 9.92. The molecule has 6 nitrogen and oxygen atoms in total. The minimum absolute atomic E-state index is 0.0700. The highest BCUT2D eigenvalue weighted by molar-refractivity contribution is 5.89. The summed E-state index contributed by atoms with van der Waals surface area (Å²) in [6.45, 7) is 6.16. The third-order valence-electron chi connectivity index (χ3n) is 9.57. The summed E-state index contributed by atoms with van der Waals surface area (Å²) >= 11 is 0. The van der Waals surface area contributed by atoms with E-state index in [4.69, 9.17) is 0 Å². The summed E-state index contributed by atoms with van der Waals surface area (Å²) in [5, 5.41) is 12.0. The Morgan fingerprint density at radius 1 is 1.07 bits per heavy atom. The van der Waals surface area contributed by atoms with Crippen LogP contribution >= 0.6 is 0 Å². The van der Waals surface area contributed by atoms with Gasteiger partial charge in [-0.1, -0.05) is 12.1 Å². The van der Waals surface area contributed by atoms with Gasteiger partial charge in [-0.3, -0.25) is 4.90 Å². The molecule has 4 fully saturated rings. The molecule has 3 atom stereocenters. The molecule has 2 aromatic rings. The van der Waals surface area contributed by atoms with Crippen LogP contribution < -0.4 is 5.32 Å². The van der Waals surface area contributed by atoms with Crippen LogP contribution in [0.5, 0.6) is 0 Å². The van der Waals surface area contributed by atoms with Crippen LogP contribution in [0.15, 0.2) is 42.5 Å². The number of piperazine rings is 1. The number of urea groups is 1. The number of nitrogens with zero attached hydrogens (tertiary/aromatic N) is 4. The molecule has 0 spiro atoms. The van der Waals surface area contributed by atoms with E-state index in [0.29, 0.717) is 24.7 Å². The van der Waals surface area contributed by atoms with E-state index in [9.17, 15) is 27.6 Å². The molecule has 3 aliphatic carbocycles. The van der Waals surface area contributed by atoms with Crippen molar-refractivity contribution < 1.29 is 22.4 Å². The fourth-order valence-electron chi connectivity index (χ4n) is 7.02. The van der Waals surface area contributed by atoms with Gasteiger partial charge in [0.2, 0.25) is 0 Å². The Balaban J connectivity index is 1.17. The van der Waals surface area contributed by atoms with Gasteiger partial charge in [-0.05, 0) is 79.8 Å². The summed E-state index contributed by atoms with van der Waals surface area (Å²) in [4.78, 5) is 20.3. The summed E-state index contributed by atoms with van der Waals surface area (Å²) in [5.41, 5.74) is 0.168. The molecule has 2 unspecified atom stereocenters. The second-order valence-electron chi connectivity index (χ2n) is 12.2. The third-order valence-corrected chi connectivity index (χ3v) is 9.57. The molecular weight excluding hydrogens is 534 g/mol. The Bertz CT molecular complexity index is 1330.